The lowest BCUT2D eigenvalue weighted by Gasteiger charge is -2.37. The summed E-state index contributed by atoms with van der Waals surface area (Å²) in [5.41, 5.74) is 8.74. The third kappa shape index (κ3) is 3.00. The van der Waals surface area contributed by atoms with Crippen molar-refractivity contribution >= 4 is 11.4 Å². The molecule has 0 aromatic heterocycles. The Bertz CT molecular complexity index is 606. The molecule has 0 aliphatic carbocycles. The Morgan fingerprint density at radius 3 is 2.33 bits per heavy atom. The first-order valence-electron chi connectivity index (χ1n) is 7.31. The van der Waals surface area contributed by atoms with Gasteiger partial charge in [0, 0.05) is 38.4 Å². The van der Waals surface area contributed by atoms with E-state index in [2.05, 4.69) is 21.9 Å². The molecular formula is C17H20FN3. The average Bonchev–Trinajstić information content (AvgIpc) is 2.56. The lowest BCUT2D eigenvalue weighted by molar-refractivity contribution is 0.598. The van der Waals surface area contributed by atoms with Gasteiger partial charge in [-0.3, -0.25) is 0 Å². The van der Waals surface area contributed by atoms with E-state index in [1.54, 1.807) is 6.07 Å². The zero-order chi connectivity index (χ0) is 14.7. The largest absolute Gasteiger partial charge is 0.368 e. The number of nitrogens with zero attached hydrogens (tertiary/aromatic N) is 2. The van der Waals surface area contributed by atoms with Crippen molar-refractivity contribution in [1.82, 2.24) is 0 Å². The molecule has 1 heterocycles. The second kappa shape index (κ2) is 6.14. The van der Waals surface area contributed by atoms with Crippen molar-refractivity contribution in [3.63, 3.8) is 0 Å². The number of halogens is 1. The predicted octanol–water partition coefficient (Wildman–Crippen LogP) is 2.61. The van der Waals surface area contributed by atoms with Gasteiger partial charge in [-0.05, 0) is 29.8 Å². The van der Waals surface area contributed by atoms with Gasteiger partial charge in [0.25, 0.3) is 0 Å². The van der Waals surface area contributed by atoms with E-state index in [1.165, 1.54) is 11.8 Å². The maximum atomic E-state index is 13.8. The molecule has 1 aliphatic heterocycles. The molecule has 0 saturated carbocycles. The number of nitrogens with two attached hydrogens (primary N) is 1. The molecule has 3 nitrogen and oxygen atoms in total. The quantitative estimate of drug-likeness (QED) is 0.941. The molecular weight excluding hydrogens is 265 g/mol. The topological polar surface area (TPSA) is 32.5 Å². The molecule has 110 valence electrons. The fourth-order valence-electron chi connectivity index (χ4n) is 2.79. The number of para-hydroxylation sites is 1. The average molecular weight is 285 g/mol. The molecule has 2 aromatic carbocycles. The number of piperazine rings is 1. The fourth-order valence-corrected chi connectivity index (χ4v) is 2.79. The van der Waals surface area contributed by atoms with Crippen LogP contribution in [0.4, 0.5) is 15.8 Å². The maximum absolute atomic E-state index is 13.8. The fraction of sp³-hybridized carbons (Fsp3) is 0.294. The van der Waals surface area contributed by atoms with E-state index in [4.69, 9.17) is 5.73 Å². The number of anilines is 2. The van der Waals surface area contributed by atoms with Gasteiger partial charge in [-0.25, -0.2) is 4.39 Å². The first kappa shape index (κ1) is 13.9. The van der Waals surface area contributed by atoms with Crippen molar-refractivity contribution in [3.05, 3.63) is 59.9 Å². The van der Waals surface area contributed by atoms with E-state index in [0.29, 0.717) is 12.2 Å². The summed E-state index contributed by atoms with van der Waals surface area (Å²) in [6.45, 7) is 4.00. The smallest absolute Gasteiger partial charge is 0.146 e. The molecule has 0 radical (unpaired) electrons. The first-order valence-corrected chi connectivity index (χ1v) is 7.31. The van der Waals surface area contributed by atoms with Crippen LogP contribution in [0.25, 0.3) is 0 Å². The zero-order valence-corrected chi connectivity index (χ0v) is 12.0. The molecule has 1 fully saturated rings. The van der Waals surface area contributed by atoms with E-state index < -0.39 is 0 Å². The molecule has 0 bridgehead atoms. The van der Waals surface area contributed by atoms with Crippen LogP contribution in [0.5, 0.6) is 0 Å². The third-order valence-corrected chi connectivity index (χ3v) is 3.98. The van der Waals surface area contributed by atoms with Crippen molar-refractivity contribution in [1.29, 1.82) is 0 Å². The molecule has 1 saturated heterocycles. The second-order valence-corrected chi connectivity index (χ2v) is 5.30. The highest BCUT2D eigenvalue weighted by Crippen LogP contribution is 2.23. The van der Waals surface area contributed by atoms with Gasteiger partial charge >= 0.3 is 0 Å². The summed E-state index contributed by atoms with van der Waals surface area (Å²) in [6, 6.07) is 15.3. The number of rotatable bonds is 3. The highest BCUT2D eigenvalue weighted by molar-refractivity contribution is 5.53. The molecule has 2 N–H and O–H groups in total. The molecule has 0 spiro atoms. The second-order valence-electron chi connectivity index (χ2n) is 5.30. The maximum Gasteiger partial charge on any atom is 0.146 e. The number of hydrogen-bond acceptors (Lipinski definition) is 3. The third-order valence-electron chi connectivity index (χ3n) is 3.98. The minimum absolute atomic E-state index is 0.143. The van der Waals surface area contributed by atoms with Gasteiger partial charge in [-0.1, -0.05) is 24.3 Å². The SMILES string of the molecule is NCc1cccc(N2CCN(c3ccccc3F)CC2)c1. The van der Waals surface area contributed by atoms with Gasteiger partial charge in [0.05, 0.1) is 5.69 Å². The molecule has 4 heteroatoms. The Kier molecular flexibility index (Phi) is 4.06. The van der Waals surface area contributed by atoms with Crippen LogP contribution in [0.2, 0.25) is 0 Å². The highest BCUT2D eigenvalue weighted by atomic mass is 19.1. The molecule has 0 unspecified atom stereocenters. The van der Waals surface area contributed by atoms with E-state index in [9.17, 15) is 4.39 Å². The van der Waals surface area contributed by atoms with Crippen LogP contribution in [-0.4, -0.2) is 26.2 Å². The van der Waals surface area contributed by atoms with E-state index in [1.807, 2.05) is 24.3 Å². The molecule has 21 heavy (non-hydrogen) atoms. The minimum atomic E-state index is -0.143. The lowest BCUT2D eigenvalue weighted by Crippen LogP contribution is -2.46. The monoisotopic (exact) mass is 285 g/mol. The van der Waals surface area contributed by atoms with Crippen molar-refractivity contribution in [3.8, 4) is 0 Å². The van der Waals surface area contributed by atoms with E-state index in [-0.39, 0.29) is 5.82 Å². The van der Waals surface area contributed by atoms with Crippen LogP contribution in [0.1, 0.15) is 5.56 Å². The van der Waals surface area contributed by atoms with Gasteiger partial charge < -0.3 is 15.5 Å². The summed E-state index contributed by atoms with van der Waals surface area (Å²) in [5, 5.41) is 0. The Hall–Kier alpha value is -2.07. The summed E-state index contributed by atoms with van der Waals surface area (Å²) in [5.74, 6) is -0.143. The predicted molar refractivity (Wildman–Crippen MR) is 85.2 cm³/mol. The standard InChI is InChI=1S/C17H20FN3/c18-16-6-1-2-7-17(16)21-10-8-20(9-11-21)15-5-3-4-14(12-15)13-19/h1-7,12H,8-11,13,19H2. The van der Waals surface area contributed by atoms with Crippen LogP contribution in [0, 0.1) is 5.82 Å². The van der Waals surface area contributed by atoms with E-state index >= 15 is 0 Å². The number of hydrogen-bond donors (Lipinski definition) is 1. The molecule has 2 aromatic rings. The summed E-state index contributed by atoms with van der Waals surface area (Å²) in [6.07, 6.45) is 0. The number of benzene rings is 2. The van der Waals surface area contributed by atoms with Gasteiger partial charge in [0.15, 0.2) is 0 Å². The van der Waals surface area contributed by atoms with E-state index in [0.717, 1.165) is 31.7 Å². The van der Waals surface area contributed by atoms with Crippen LogP contribution in [0.3, 0.4) is 0 Å². The summed E-state index contributed by atoms with van der Waals surface area (Å²) < 4.78 is 13.8. The Morgan fingerprint density at radius 2 is 1.62 bits per heavy atom. The molecule has 3 rings (SSSR count). The Balaban J connectivity index is 1.69. The normalized spacial score (nSPS) is 15.3. The summed E-state index contributed by atoms with van der Waals surface area (Å²) in [7, 11) is 0. The molecule has 0 amide bonds. The summed E-state index contributed by atoms with van der Waals surface area (Å²) in [4.78, 5) is 4.44. The summed E-state index contributed by atoms with van der Waals surface area (Å²) >= 11 is 0. The molecule has 0 atom stereocenters. The minimum Gasteiger partial charge on any atom is -0.368 e. The van der Waals surface area contributed by atoms with Crippen molar-refractivity contribution in [2.24, 2.45) is 5.73 Å². The van der Waals surface area contributed by atoms with Crippen LogP contribution in [0.15, 0.2) is 48.5 Å². The highest BCUT2D eigenvalue weighted by Gasteiger charge is 2.19. The molecule has 1 aliphatic rings. The van der Waals surface area contributed by atoms with Crippen LogP contribution < -0.4 is 15.5 Å². The van der Waals surface area contributed by atoms with Crippen LogP contribution >= 0.6 is 0 Å². The van der Waals surface area contributed by atoms with Gasteiger partial charge in [-0.15, -0.1) is 0 Å². The first-order chi connectivity index (χ1) is 10.3. The lowest BCUT2D eigenvalue weighted by atomic mass is 10.1. The Morgan fingerprint density at radius 1 is 0.905 bits per heavy atom. The van der Waals surface area contributed by atoms with Crippen molar-refractivity contribution in [2.45, 2.75) is 6.54 Å². The zero-order valence-electron chi connectivity index (χ0n) is 12.0. The van der Waals surface area contributed by atoms with Crippen LogP contribution in [-0.2, 0) is 6.54 Å². The van der Waals surface area contributed by atoms with Gasteiger partial charge in [0.1, 0.15) is 5.82 Å². The van der Waals surface area contributed by atoms with Crippen molar-refractivity contribution < 1.29 is 4.39 Å². The van der Waals surface area contributed by atoms with Gasteiger partial charge in [0.2, 0.25) is 0 Å². The van der Waals surface area contributed by atoms with Gasteiger partial charge in [-0.2, -0.15) is 0 Å². The Labute approximate surface area is 124 Å². The van der Waals surface area contributed by atoms with Crippen molar-refractivity contribution in [2.75, 3.05) is 36.0 Å².